The molecule has 0 aromatic rings. The van der Waals surface area contributed by atoms with E-state index in [9.17, 15) is 19.8 Å². The second-order valence-corrected chi connectivity index (χ2v) is 21.6. The number of ether oxygens (including phenoxy) is 2. The topological polar surface area (TPSA) is 106 Å². The SMILES string of the molecule is C=C[C@@]1(C)CC(=O)[C@]2(O)[C@@]3(C)[C@@H](O[Si](C)(C)C(C)(C)C)CCC(C)(C)[C@@H]3[C@H](OC(=O)C(C)N3CCCCC3)[C@H](O)[C@@]2(C)O1. The van der Waals surface area contributed by atoms with Crippen LogP contribution in [0.2, 0.25) is 18.1 Å². The molecule has 2 saturated carbocycles. The van der Waals surface area contributed by atoms with Crippen LogP contribution >= 0.6 is 0 Å². The van der Waals surface area contributed by atoms with Crippen LogP contribution in [0.5, 0.6) is 0 Å². The van der Waals surface area contributed by atoms with Crippen molar-refractivity contribution < 1.29 is 33.7 Å². The number of hydrogen-bond acceptors (Lipinski definition) is 8. The maximum Gasteiger partial charge on any atom is 0.323 e. The molecule has 9 atom stereocenters. The quantitative estimate of drug-likeness (QED) is 0.231. The predicted molar refractivity (Wildman–Crippen MR) is 170 cm³/mol. The van der Waals surface area contributed by atoms with Crippen LogP contribution < -0.4 is 0 Å². The van der Waals surface area contributed by atoms with Gasteiger partial charge in [-0.2, -0.15) is 0 Å². The zero-order chi connectivity index (χ0) is 32.6. The second-order valence-electron chi connectivity index (χ2n) is 16.8. The maximum absolute atomic E-state index is 14.5. The van der Waals surface area contributed by atoms with Crippen molar-refractivity contribution >= 4 is 20.1 Å². The molecule has 2 saturated heterocycles. The van der Waals surface area contributed by atoms with E-state index >= 15 is 0 Å². The maximum atomic E-state index is 14.5. The first-order valence-corrected chi connectivity index (χ1v) is 19.3. The van der Waals surface area contributed by atoms with E-state index < -0.39 is 78.0 Å². The number of aliphatic hydroxyl groups excluding tert-OH is 1. The third kappa shape index (κ3) is 5.22. The summed E-state index contributed by atoms with van der Waals surface area (Å²) in [6, 6.07) is -0.481. The van der Waals surface area contributed by atoms with E-state index in [0.29, 0.717) is 6.42 Å². The van der Waals surface area contributed by atoms with Gasteiger partial charge in [-0.25, -0.2) is 0 Å². The van der Waals surface area contributed by atoms with Crippen LogP contribution in [-0.2, 0) is 23.5 Å². The first kappa shape index (κ1) is 34.8. The van der Waals surface area contributed by atoms with E-state index in [2.05, 4.69) is 59.2 Å². The van der Waals surface area contributed by atoms with E-state index in [1.54, 1.807) is 19.9 Å². The van der Waals surface area contributed by atoms with Crippen LogP contribution in [0.4, 0.5) is 0 Å². The fourth-order valence-corrected chi connectivity index (χ4v) is 10.2. The fourth-order valence-electron chi connectivity index (χ4n) is 8.78. The molecule has 43 heavy (non-hydrogen) atoms. The van der Waals surface area contributed by atoms with E-state index in [0.717, 1.165) is 38.8 Å². The number of esters is 1. The van der Waals surface area contributed by atoms with Gasteiger partial charge in [0.1, 0.15) is 23.9 Å². The Labute approximate surface area is 261 Å². The number of hydrogen-bond donors (Lipinski definition) is 2. The Morgan fingerprint density at radius 3 is 2.26 bits per heavy atom. The number of fused-ring (bicyclic) bond motifs is 3. The zero-order valence-electron chi connectivity index (χ0n) is 28.7. The Bertz CT molecular complexity index is 1110. The summed E-state index contributed by atoms with van der Waals surface area (Å²) < 4.78 is 20.2. The number of carbonyl (C=O) groups is 2. The third-order valence-electron chi connectivity index (χ3n) is 12.5. The molecule has 9 heteroatoms. The smallest absolute Gasteiger partial charge is 0.323 e. The summed E-state index contributed by atoms with van der Waals surface area (Å²) in [6.45, 7) is 27.8. The minimum atomic E-state index is -2.40. The van der Waals surface area contributed by atoms with E-state index in [4.69, 9.17) is 13.9 Å². The van der Waals surface area contributed by atoms with Crippen molar-refractivity contribution in [2.24, 2.45) is 16.7 Å². The lowest BCUT2D eigenvalue weighted by atomic mass is 9.39. The predicted octanol–water partition coefficient (Wildman–Crippen LogP) is 5.40. The van der Waals surface area contributed by atoms with Crippen molar-refractivity contribution in [1.82, 2.24) is 4.90 Å². The van der Waals surface area contributed by atoms with E-state index in [1.165, 1.54) is 0 Å². The highest BCUT2D eigenvalue weighted by Crippen LogP contribution is 2.68. The van der Waals surface area contributed by atoms with Crippen molar-refractivity contribution in [2.75, 3.05) is 13.1 Å². The summed E-state index contributed by atoms with van der Waals surface area (Å²) in [5.41, 5.74) is -6.76. The molecular formula is C34H59NO7Si. The number of ketones is 1. The summed E-state index contributed by atoms with van der Waals surface area (Å²) in [7, 11) is -2.40. The second kappa shape index (κ2) is 11.0. The lowest BCUT2D eigenvalue weighted by molar-refractivity contribution is -0.369. The number of Topliss-reactive ketones (excluding diaryl/α,β-unsaturated/α-hetero) is 1. The molecule has 8 nitrogen and oxygen atoms in total. The number of carbonyl (C=O) groups excluding carboxylic acids is 2. The van der Waals surface area contributed by atoms with Gasteiger partial charge in [0.2, 0.25) is 0 Å². The highest BCUT2D eigenvalue weighted by atomic mass is 28.4. The van der Waals surface area contributed by atoms with Gasteiger partial charge >= 0.3 is 5.97 Å². The summed E-state index contributed by atoms with van der Waals surface area (Å²) in [5.74, 6) is -1.39. The van der Waals surface area contributed by atoms with Gasteiger partial charge < -0.3 is 24.1 Å². The summed E-state index contributed by atoms with van der Waals surface area (Å²) in [5, 5.41) is 25.3. The van der Waals surface area contributed by atoms with Gasteiger partial charge in [0.05, 0.1) is 11.7 Å². The van der Waals surface area contributed by atoms with Gasteiger partial charge in [-0.15, -0.1) is 6.58 Å². The molecule has 4 aliphatic rings. The molecule has 2 heterocycles. The van der Waals surface area contributed by atoms with Crippen molar-refractivity contribution in [2.45, 2.75) is 160 Å². The minimum absolute atomic E-state index is 0.0820. The molecule has 1 unspecified atom stereocenters. The molecule has 0 aromatic heterocycles. The highest BCUT2D eigenvalue weighted by molar-refractivity contribution is 6.74. The molecule has 0 bridgehead atoms. The molecule has 0 spiro atoms. The van der Waals surface area contributed by atoms with Gasteiger partial charge in [-0.1, -0.05) is 54.0 Å². The molecular weight excluding hydrogens is 562 g/mol. The van der Waals surface area contributed by atoms with E-state index in [-0.39, 0.29) is 11.5 Å². The first-order chi connectivity index (χ1) is 19.5. The van der Waals surface area contributed by atoms with Crippen molar-refractivity contribution in [1.29, 1.82) is 0 Å². The van der Waals surface area contributed by atoms with Gasteiger partial charge in [0.15, 0.2) is 19.7 Å². The molecule has 0 aromatic carbocycles. The molecule has 4 rings (SSSR count). The van der Waals surface area contributed by atoms with Crippen molar-refractivity contribution in [3.63, 3.8) is 0 Å². The summed E-state index contributed by atoms with van der Waals surface area (Å²) in [4.78, 5) is 30.5. The van der Waals surface area contributed by atoms with Gasteiger partial charge in [-0.3, -0.25) is 14.5 Å². The number of aliphatic hydroxyl groups is 2. The average molecular weight is 622 g/mol. The number of rotatable bonds is 6. The first-order valence-electron chi connectivity index (χ1n) is 16.4. The van der Waals surface area contributed by atoms with Crippen LogP contribution in [0.3, 0.4) is 0 Å². The van der Waals surface area contributed by atoms with Crippen molar-refractivity contribution in [3.05, 3.63) is 12.7 Å². The molecule has 246 valence electrons. The number of nitrogens with zero attached hydrogens (tertiary/aromatic N) is 1. The number of piperidine rings is 1. The Morgan fingerprint density at radius 2 is 1.72 bits per heavy atom. The van der Waals surface area contributed by atoms with Gasteiger partial charge in [-0.05, 0) is 83.1 Å². The Hall–Kier alpha value is -1.10. The lowest BCUT2D eigenvalue weighted by Crippen LogP contribution is -2.87. The van der Waals surface area contributed by atoms with Crippen LogP contribution in [0.1, 0.15) is 101 Å². The van der Waals surface area contributed by atoms with Crippen molar-refractivity contribution in [3.8, 4) is 0 Å². The van der Waals surface area contributed by atoms with Crippen LogP contribution in [0.25, 0.3) is 0 Å². The third-order valence-corrected chi connectivity index (χ3v) is 17.0. The molecule has 2 aliphatic carbocycles. The summed E-state index contributed by atoms with van der Waals surface area (Å²) >= 11 is 0. The molecule has 0 amide bonds. The molecule has 2 aliphatic heterocycles. The van der Waals surface area contributed by atoms with Crippen LogP contribution in [-0.4, -0.2) is 89.4 Å². The molecule has 2 N–H and O–H groups in total. The fraction of sp³-hybridized carbons (Fsp3) is 0.882. The zero-order valence-corrected chi connectivity index (χ0v) is 29.7. The minimum Gasteiger partial charge on any atom is -0.458 e. The highest BCUT2D eigenvalue weighted by Gasteiger charge is 2.81. The van der Waals surface area contributed by atoms with Gasteiger partial charge in [0.25, 0.3) is 0 Å². The van der Waals surface area contributed by atoms with E-state index in [1.807, 2.05) is 13.8 Å². The average Bonchev–Trinajstić information content (AvgIpc) is 2.90. The Kier molecular flexibility index (Phi) is 8.90. The number of likely N-dealkylation sites (tertiary alicyclic amines) is 1. The Balaban J connectivity index is 1.90. The summed E-state index contributed by atoms with van der Waals surface area (Å²) in [6.07, 6.45) is 3.01. The normalized spacial score (nSPS) is 42.9. The Morgan fingerprint density at radius 1 is 1.14 bits per heavy atom. The lowest BCUT2D eigenvalue weighted by Gasteiger charge is -2.72. The van der Waals surface area contributed by atoms with Crippen LogP contribution in [0.15, 0.2) is 12.7 Å². The molecule has 0 radical (unpaired) electrons. The largest absolute Gasteiger partial charge is 0.458 e. The van der Waals surface area contributed by atoms with Crippen LogP contribution in [0, 0.1) is 16.7 Å². The standard InChI is InChI=1S/C34H59NO7Si/c1-13-31(8)21-23(36)34(39)32(9)24(41-43(11,12)29(3,4)5)17-18-30(6,7)26(32)25(27(37)33(34,10)42-31)40-28(38)22(2)35-19-15-14-16-20-35/h13,22,24-27,37,39H,1,14-21H2,2-12H3/t22?,24-,25-,26-,27-,31-,32-,33+,34-/m0/s1. The van der Waals surface area contributed by atoms with Gasteiger partial charge in [0, 0.05) is 17.8 Å². The monoisotopic (exact) mass is 621 g/mol. The molecule has 4 fully saturated rings.